The third kappa shape index (κ3) is 2.63. The molecular weight excluding hydrogens is 278 g/mol. The van der Waals surface area contributed by atoms with Gasteiger partial charge in [0.05, 0.1) is 5.92 Å². The number of aryl methyl sites for hydroxylation is 2. The molecule has 0 saturated carbocycles. The van der Waals surface area contributed by atoms with Crippen LogP contribution in [-0.4, -0.2) is 22.6 Å². The fraction of sp³-hybridized carbons (Fsp3) is 0.471. The number of nitrogens with zero attached hydrogens (tertiary/aromatic N) is 3. The van der Waals surface area contributed by atoms with Gasteiger partial charge in [0, 0.05) is 25.1 Å². The van der Waals surface area contributed by atoms with Gasteiger partial charge in [-0.25, -0.2) is 0 Å². The predicted octanol–water partition coefficient (Wildman–Crippen LogP) is 3.16. The largest absolute Gasteiger partial charge is 0.339 e. The Morgan fingerprint density at radius 1 is 1.36 bits per heavy atom. The molecule has 22 heavy (non-hydrogen) atoms. The van der Waals surface area contributed by atoms with Gasteiger partial charge in [-0.3, -0.25) is 4.79 Å². The van der Waals surface area contributed by atoms with Gasteiger partial charge in [0.15, 0.2) is 5.82 Å². The second-order valence-electron chi connectivity index (χ2n) is 5.92. The molecule has 0 spiro atoms. The van der Waals surface area contributed by atoms with E-state index in [2.05, 4.69) is 37.0 Å². The quantitative estimate of drug-likeness (QED) is 0.870. The summed E-state index contributed by atoms with van der Waals surface area (Å²) in [6.45, 7) is 6.80. The summed E-state index contributed by atoms with van der Waals surface area (Å²) in [6.07, 6.45) is 2.23. The van der Waals surface area contributed by atoms with Gasteiger partial charge in [0.1, 0.15) is 0 Å². The normalized spacial score (nSPS) is 18.2. The number of aromatic nitrogens is 2. The maximum atomic E-state index is 12.4. The maximum Gasteiger partial charge on any atom is 0.232 e. The number of benzene rings is 1. The zero-order valence-electron chi connectivity index (χ0n) is 13.3. The number of carbonyl (C=O) groups is 1. The highest BCUT2D eigenvalue weighted by molar-refractivity contribution is 5.97. The molecule has 1 saturated heterocycles. The van der Waals surface area contributed by atoms with E-state index in [1.165, 1.54) is 5.56 Å². The van der Waals surface area contributed by atoms with E-state index in [0.717, 1.165) is 29.9 Å². The molecule has 1 fully saturated rings. The first-order valence-electron chi connectivity index (χ1n) is 7.79. The molecule has 1 aromatic heterocycles. The zero-order valence-corrected chi connectivity index (χ0v) is 13.3. The number of hydrogen-bond acceptors (Lipinski definition) is 4. The number of amides is 1. The molecular formula is C17H21N3O2. The first kappa shape index (κ1) is 14.8. The first-order chi connectivity index (χ1) is 10.6. The summed E-state index contributed by atoms with van der Waals surface area (Å²) in [5.41, 5.74) is 3.33. The Balaban J connectivity index is 1.82. The summed E-state index contributed by atoms with van der Waals surface area (Å²) < 4.78 is 5.35. The Hall–Kier alpha value is -2.17. The molecule has 0 aliphatic carbocycles. The molecule has 5 heteroatoms. The molecule has 1 aliphatic heterocycles. The van der Waals surface area contributed by atoms with Crippen LogP contribution in [0, 0.1) is 13.8 Å². The molecule has 1 aromatic carbocycles. The Bertz CT molecular complexity index is 693. The summed E-state index contributed by atoms with van der Waals surface area (Å²) in [6, 6.07) is 6.05. The number of anilines is 1. The third-order valence-electron chi connectivity index (χ3n) is 4.30. The average Bonchev–Trinajstić information content (AvgIpc) is 3.09. The van der Waals surface area contributed by atoms with Crippen molar-refractivity contribution in [1.29, 1.82) is 0 Å². The lowest BCUT2D eigenvalue weighted by Gasteiger charge is -2.19. The third-order valence-corrected chi connectivity index (χ3v) is 4.30. The highest BCUT2D eigenvalue weighted by Gasteiger charge is 2.35. The Morgan fingerprint density at radius 3 is 2.95 bits per heavy atom. The van der Waals surface area contributed by atoms with Crippen molar-refractivity contribution in [2.45, 2.75) is 46.0 Å². The molecule has 1 atom stereocenters. The van der Waals surface area contributed by atoms with Crippen molar-refractivity contribution < 1.29 is 9.32 Å². The SMILES string of the molecule is CCCc1noc(C2CC(=O)N(c3cccc(C)c3C)C2)n1. The summed E-state index contributed by atoms with van der Waals surface area (Å²) >= 11 is 0. The minimum Gasteiger partial charge on any atom is -0.339 e. The van der Waals surface area contributed by atoms with Crippen LogP contribution < -0.4 is 4.90 Å². The fourth-order valence-electron chi connectivity index (χ4n) is 2.89. The minimum absolute atomic E-state index is 0.00878. The van der Waals surface area contributed by atoms with Crippen LogP contribution in [0.15, 0.2) is 22.7 Å². The van der Waals surface area contributed by atoms with E-state index in [-0.39, 0.29) is 11.8 Å². The molecule has 2 heterocycles. The van der Waals surface area contributed by atoms with Crippen molar-refractivity contribution in [3.8, 4) is 0 Å². The zero-order chi connectivity index (χ0) is 15.7. The van der Waals surface area contributed by atoms with Crippen molar-refractivity contribution in [2.75, 3.05) is 11.4 Å². The van der Waals surface area contributed by atoms with E-state index in [1.54, 1.807) is 0 Å². The molecule has 0 radical (unpaired) electrons. The van der Waals surface area contributed by atoms with Gasteiger partial charge in [0.2, 0.25) is 11.8 Å². The lowest BCUT2D eigenvalue weighted by atomic mass is 10.1. The van der Waals surface area contributed by atoms with Crippen molar-refractivity contribution in [1.82, 2.24) is 10.1 Å². The maximum absolute atomic E-state index is 12.4. The molecule has 0 bridgehead atoms. The molecule has 116 valence electrons. The van der Waals surface area contributed by atoms with Crippen LogP contribution >= 0.6 is 0 Å². The van der Waals surface area contributed by atoms with Gasteiger partial charge in [-0.05, 0) is 37.5 Å². The van der Waals surface area contributed by atoms with Crippen LogP contribution in [0.5, 0.6) is 0 Å². The lowest BCUT2D eigenvalue weighted by molar-refractivity contribution is -0.117. The second-order valence-corrected chi connectivity index (χ2v) is 5.92. The van der Waals surface area contributed by atoms with Gasteiger partial charge in [-0.1, -0.05) is 24.2 Å². The predicted molar refractivity (Wildman–Crippen MR) is 83.9 cm³/mol. The van der Waals surface area contributed by atoms with Crippen molar-refractivity contribution in [3.05, 3.63) is 41.0 Å². The van der Waals surface area contributed by atoms with E-state index >= 15 is 0 Å². The smallest absolute Gasteiger partial charge is 0.232 e. The van der Waals surface area contributed by atoms with Crippen molar-refractivity contribution >= 4 is 11.6 Å². The highest BCUT2D eigenvalue weighted by Crippen LogP contribution is 2.33. The summed E-state index contributed by atoms with van der Waals surface area (Å²) in [4.78, 5) is 18.7. The van der Waals surface area contributed by atoms with Gasteiger partial charge in [-0.2, -0.15) is 4.98 Å². The Kier molecular flexibility index (Phi) is 3.96. The molecule has 0 N–H and O–H groups in total. The topological polar surface area (TPSA) is 59.2 Å². The Morgan fingerprint density at radius 2 is 2.18 bits per heavy atom. The van der Waals surface area contributed by atoms with E-state index in [4.69, 9.17) is 4.52 Å². The first-order valence-corrected chi connectivity index (χ1v) is 7.79. The van der Waals surface area contributed by atoms with E-state index in [1.807, 2.05) is 17.0 Å². The van der Waals surface area contributed by atoms with Gasteiger partial charge < -0.3 is 9.42 Å². The minimum atomic E-state index is -0.00878. The van der Waals surface area contributed by atoms with Crippen molar-refractivity contribution in [2.24, 2.45) is 0 Å². The van der Waals surface area contributed by atoms with Crippen LogP contribution in [0.3, 0.4) is 0 Å². The second kappa shape index (κ2) is 5.91. The van der Waals surface area contributed by atoms with Gasteiger partial charge >= 0.3 is 0 Å². The summed E-state index contributed by atoms with van der Waals surface area (Å²) in [5.74, 6) is 1.43. The van der Waals surface area contributed by atoms with Crippen LogP contribution in [0.4, 0.5) is 5.69 Å². The van der Waals surface area contributed by atoms with E-state index in [0.29, 0.717) is 18.9 Å². The lowest BCUT2D eigenvalue weighted by Crippen LogP contribution is -2.25. The molecule has 3 rings (SSSR count). The Labute approximate surface area is 130 Å². The van der Waals surface area contributed by atoms with E-state index in [9.17, 15) is 4.79 Å². The monoisotopic (exact) mass is 299 g/mol. The molecule has 1 aliphatic rings. The van der Waals surface area contributed by atoms with Crippen LogP contribution in [-0.2, 0) is 11.2 Å². The van der Waals surface area contributed by atoms with Crippen molar-refractivity contribution in [3.63, 3.8) is 0 Å². The average molecular weight is 299 g/mol. The van der Waals surface area contributed by atoms with Crippen LogP contribution in [0.1, 0.15) is 48.5 Å². The number of hydrogen-bond donors (Lipinski definition) is 0. The standard InChI is InChI=1S/C17H21N3O2/c1-4-6-15-18-17(22-19-15)13-9-16(21)20(10-13)14-8-5-7-11(2)12(14)3/h5,7-8,13H,4,6,9-10H2,1-3H3. The molecule has 1 amide bonds. The summed E-state index contributed by atoms with van der Waals surface area (Å²) in [5, 5.41) is 3.99. The molecule has 5 nitrogen and oxygen atoms in total. The van der Waals surface area contributed by atoms with Crippen LogP contribution in [0.2, 0.25) is 0 Å². The number of rotatable bonds is 4. The van der Waals surface area contributed by atoms with Gasteiger partial charge in [0.25, 0.3) is 0 Å². The number of carbonyl (C=O) groups excluding carboxylic acids is 1. The molecule has 2 aromatic rings. The van der Waals surface area contributed by atoms with Gasteiger partial charge in [-0.15, -0.1) is 0 Å². The fourth-order valence-corrected chi connectivity index (χ4v) is 2.89. The molecule has 1 unspecified atom stereocenters. The highest BCUT2D eigenvalue weighted by atomic mass is 16.5. The van der Waals surface area contributed by atoms with E-state index < -0.39 is 0 Å². The van der Waals surface area contributed by atoms with Crippen LogP contribution in [0.25, 0.3) is 0 Å². The summed E-state index contributed by atoms with van der Waals surface area (Å²) in [7, 11) is 0.